The van der Waals surface area contributed by atoms with Crippen molar-refractivity contribution in [1.29, 1.82) is 0 Å². The first-order chi connectivity index (χ1) is 16.9. The average Bonchev–Trinajstić information content (AvgIpc) is 2.75. The van der Waals surface area contributed by atoms with Crippen LogP contribution in [0.1, 0.15) is 92.1 Å². The highest BCUT2D eigenvalue weighted by molar-refractivity contribution is 6.32. The number of allylic oxidation sites excluding steroid dienone is 4. The molecule has 0 atom stereocenters. The molecule has 196 valence electrons. The van der Waals surface area contributed by atoms with E-state index in [1.807, 2.05) is 26.0 Å². The van der Waals surface area contributed by atoms with Crippen molar-refractivity contribution in [3.8, 4) is 11.5 Å². The zero-order valence-corrected chi connectivity index (χ0v) is 23.6. The van der Waals surface area contributed by atoms with E-state index in [9.17, 15) is 9.59 Å². The Morgan fingerprint density at radius 3 is 1.86 bits per heavy atom. The lowest BCUT2D eigenvalue weighted by atomic mass is 9.63. The second-order valence-electron chi connectivity index (χ2n) is 11.9. The third kappa shape index (κ3) is 4.83. The van der Waals surface area contributed by atoms with Crippen molar-refractivity contribution in [3.05, 3.63) is 45.3 Å². The minimum absolute atomic E-state index is 0.125. The summed E-state index contributed by atoms with van der Waals surface area (Å²) in [5.41, 5.74) is 4.24. The first-order valence-electron chi connectivity index (χ1n) is 13.3. The van der Waals surface area contributed by atoms with Gasteiger partial charge in [-0.15, -0.1) is 0 Å². The smallest absolute Gasteiger partial charge is 0.179 e. The molecule has 0 N–H and O–H groups in total. The molecule has 0 aromatic heterocycles. The van der Waals surface area contributed by atoms with E-state index in [0.717, 1.165) is 53.9 Å². The van der Waals surface area contributed by atoms with E-state index in [2.05, 4.69) is 39.5 Å². The number of carbonyl (C=O) groups is 2. The van der Waals surface area contributed by atoms with E-state index in [-0.39, 0.29) is 22.4 Å². The van der Waals surface area contributed by atoms with E-state index >= 15 is 0 Å². The van der Waals surface area contributed by atoms with Gasteiger partial charge in [0.2, 0.25) is 0 Å². The molecule has 0 saturated heterocycles. The van der Waals surface area contributed by atoms with Crippen LogP contribution < -0.4 is 9.47 Å². The average molecular weight is 514 g/mol. The van der Waals surface area contributed by atoms with Crippen molar-refractivity contribution in [2.45, 2.75) is 86.5 Å². The molecule has 1 heterocycles. The molecule has 36 heavy (non-hydrogen) atoms. The number of rotatable bonds is 7. The molecule has 0 radical (unpaired) electrons. The summed E-state index contributed by atoms with van der Waals surface area (Å²) in [6.45, 7) is 16.3. The number of ketones is 2. The zero-order valence-electron chi connectivity index (χ0n) is 22.8. The Hall–Kier alpha value is -2.27. The lowest BCUT2D eigenvalue weighted by Crippen LogP contribution is -2.44. The SMILES string of the molecule is CCCN1C2=C(C(=O)CC(C)(C)C2)C(c2cc(Cl)c(OCC)c(OCC)c2)C2=C1CC(C)(C)CC2=O. The van der Waals surface area contributed by atoms with Crippen molar-refractivity contribution in [3.63, 3.8) is 0 Å². The molecule has 0 unspecified atom stereocenters. The van der Waals surface area contributed by atoms with E-state index in [0.29, 0.717) is 42.6 Å². The third-order valence-corrected chi connectivity index (χ3v) is 7.70. The van der Waals surface area contributed by atoms with Crippen LogP contribution in [0.2, 0.25) is 5.02 Å². The number of halogens is 1. The van der Waals surface area contributed by atoms with Crippen molar-refractivity contribution in [2.24, 2.45) is 10.8 Å². The molecule has 2 aliphatic carbocycles. The molecular weight excluding hydrogens is 474 g/mol. The Kier molecular flexibility index (Phi) is 7.36. The fourth-order valence-corrected chi connectivity index (χ4v) is 6.45. The maximum Gasteiger partial charge on any atom is 0.179 e. The second kappa shape index (κ2) is 9.89. The van der Waals surface area contributed by atoms with Crippen LogP contribution in [0.15, 0.2) is 34.7 Å². The Bertz CT molecular complexity index is 1090. The molecule has 1 aromatic carbocycles. The highest BCUT2D eigenvalue weighted by atomic mass is 35.5. The monoisotopic (exact) mass is 513 g/mol. The van der Waals surface area contributed by atoms with Gasteiger partial charge in [-0.3, -0.25) is 9.59 Å². The Morgan fingerprint density at radius 1 is 0.861 bits per heavy atom. The molecule has 1 aromatic rings. The van der Waals surface area contributed by atoms with Gasteiger partial charge >= 0.3 is 0 Å². The molecule has 0 fully saturated rings. The predicted molar refractivity (Wildman–Crippen MR) is 144 cm³/mol. The molecule has 3 aliphatic rings. The van der Waals surface area contributed by atoms with Crippen LogP contribution >= 0.6 is 11.6 Å². The van der Waals surface area contributed by atoms with E-state index in [4.69, 9.17) is 21.1 Å². The van der Waals surface area contributed by atoms with Crippen LogP contribution in [0.4, 0.5) is 0 Å². The number of hydrogen-bond donors (Lipinski definition) is 0. The number of hydrogen-bond acceptors (Lipinski definition) is 5. The summed E-state index contributed by atoms with van der Waals surface area (Å²) in [5.74, 6) is 0.861. The number of ether oxygens (including phenoxy) is 2. The highest BCUT2D eigenvalue weighted by Crippen LogP contribution is 2.55. The third-order valence-electron chi connectivity index (χ3n) is 7.42. The summed E-state index contributed by atoms with van der Waals surface area (Å²) in [5, 5.41) is 0.435. The number of Topliss-reactive ketones (excluding diaryl/α,β-unsaturated/α-hetero) is 2. The normalized spacial score (nSPS) is 21.5. The molecule has 1 aliphatic heterocycles. The van der Waals surface area contributed by atoms with Gasteiger partial charge in [0.25, 0.3) is 0 Å². The second-order valence-corrected chi connectivity index (χ2v) is 12.3. The predicted octanol–water partition coefficient (Wildman–Crippen LogP) is 7.23. The van der Waals surface area contributed by atoms with Gasteiger partial charge in [-0.25, -0.2) is 0 Å². The summed E-state index contributed by atoms with van der Waals surface area (Å²) in [6, 6.07) is 3.79. The van der Waals surface area contributed by atoms with E-state index < -0.39 is 5.92 Å². The fourth-order valence-electron chi connectivity index (χ4n) is 6.18. The van der Waals surface area contributed by atoms with Gasteiger partial charge in [-0.05, 0) is 61.6 Å². The summed E-state index contributed by atoms with van der Waals surface area (Å²) in [4.78, 5) is 30.0. The summed E-state index contributed by atoms with van der Waals surface area (Å²) in [7, 11) is 0. The van der Waals surface area contributed by atoms with Crippen LogP contribution in [0, 0.1) is 10.8 Å². The van der Waals surface area contributed by atoms with Gasteiger partial charge < -0.3 is 14.4 Å². The highest BCUT2D eigenvalue weighted by Gasteiger charge is 2.49. The van der Waals surface area contributed by atoms with Crippen LogP contribution in [-0.2, 0) is 9.59 Å². The van der Waals surface area contributed by atoms with Crippen molar-refractivity contribution in [2.75, 3.05) is 19.8 Å². The summed E-state index contributed by atoms with van der Waals surface area (Å²) < 4.78 is 11.7. The molecule has 0 saturated carbocycles. The lowest BCUT2D eigenvalue weighted by Gasteiger charge is -2.49. The fraction of sp³-hybridized carbons (Fsp3) is 0.600. The number of benzene rings is 1. The van der Waals surface area contributed by atoms with E-state index in [1.54, 1.807) is 0 Å². The standard InChI is InChI=1S/C30H40ClNO4/c1-8-11-32-20-14-29(4,5)16-22(33)26(20)25(27-21(32)15-30(6,7)17-23(27)34)18-12-19(31)28(36-10-3)24(13-18)35-9-2/h12-13,25H,8-11,14-17H2,1-7H3. The minimum Gasteiger partial charge on any atom is -0.490 e. The van der Waals surface area contributed by atoms with Gasteiger partial charge in [0.15, 0.2) is 23.1 Å². The molecule has 0 amide bonds. The quantitative estimate of drug-likeness (QED) is 0.385. The lowest BCUT2D eigenvalue weighted by molar-refractivity contribution is -0.119. The molecule has 5 nitrogen and oxygen atoms in total. The maximum atomic E-state index is 13.8. The van der Waals surface area contributed by atoms with Gasteiger partial charge in [0.1, 0.15) is 0 Å². The van der Waals surface area contributed by atoms with Gasteiger partial charge in [0.05, 0.1) is 18.2 Å². The Balaban J connectivity index is 2.01. The first kappa shape index (κ1) is 26.8. The molecule has 0 bridgehead atoms. The molecule has 0 spiro atoms. The summed E-state index contributed by atoms with van der Waals surface area (Å²) >= 11 is 6.74. The number of nitrogens with zero attached hydrogens (tertiary/aromatic N) is 1. The van der Waals surface area contributed by atoms with Crippen molar-refractivity contribution >= 4 is 23.2 Å². The van der Waals surface area contributed by atoms with Crippen molar-refractivity contribution < 1.29 is 19.1 Å². The van der Waals surface area contributed by atoms with Crippen LogP contribution in [0.3, 0.4) is 0 Å². The van der Waals surface area contributed by atoms with Gasteiger partial charge in [-0.1, -0.05) is 46.2 Å². The van der Waals surface area contributed by atoms with E-state index in [1.165, 1.54) is 0 Å². The molecular formula is C30H40ClNO4. The first-order valence-corrected chi connectivity index (χ1v) is 13.7. The Morgan fingerprint density at radius 2 is 1.39 bits per heavy atom. The number of carbonyl (C=O) groups excluding carboxylic acids is 2. The van der Waals surface area contributed by atoms with Crippen LogP contribution in [-0.4, -0.2) is 36.2 Å². The van der Waals surface area contributed by atoms with Crippen LogP contribution in [0.5, 0.6) is 11.5 Å². The maximum absolute atomic E-state index is 13.8. The van der Waals surface area contributed by atoms with Gasteiger partial charge in [-0.2, -0.15) is 0 Å². The van der Waals surface area contributed by atoms with Gasteiger partial charge in [0, 0.05) is 47.8 Å². The topological polar surface area (TPSA) is 55.8 Å². The Labute approximate surface area is 220 Å². The minimum atomic E-state index is -0.442. The molecule has 4 rings (SSSR count). The van der Waals surface area contributed by atoms with Crippen LogP contribution in [0.25, 0.3) is 0 Å². The van der Waals surface area contributed by atoms with Crippen molar-refractivity contribution in [1.82, 2.24) is 4.90 Å². The largest absolute Gasteiger partial charge is 0.490 e. The summed E-state index contributed by atoms with van der Waals surface area (Å²) in [6.07, 6.45) is 3.48. The molecule has 6 heteroatoms. The zero-order chi connectivity index (χ0) is 26.4.